The summed E-state index contributed by atoms with van der Waals surface area (Å²) in [5.41, 5.74) is 13.6. The first kappa shape index (κ1) is 58.1. The van der Waals surface area contributed by atoms with Crippen molar-refractivity contribution in [2.45, 2.75) is 77.3 Å². The van der Waals surface area contributed by atoms with Gasteiger partial charge in [0.05, 0.1) is 91.0 Å². The van der Waals surface area contributed by atoms with Crippen LogP contribution < -0.4 is 25.4 Å². The molecular weight excluding hydrogens is 1000 g/mol. The normalized spacial score (nSPS) is 11.7. The minimum atomic E-state index is -3.67. The molecule has 5 N–H and O–H groups in total. The average Bonchev–Trinajstić information content (AvgIpc) is 3.96. The molecule has 75 heavy (non-hydrogen) atoms. The van der Waals surface area contributed by atoms with Gasteiger partial charge in [-0.05, 0) is 93.9 Å². The number of amidine groups is 1. The highest BCUT2D eigenvalue weighted by Crippen LogP contribution is 2.27. The van der Waals surface area contributed by atoms with Crippen molar-refractivity contribution in [3.05, 3.63) is 125 Å². The number of fused-ring (bicyclic) bond motifs is 2. The van der Waals surface area contributed by atoms with E-state index in [9.17, 15) is 27.0 Å². The first-order valence-electron chi connectivity index (χ1n) is 23.9. The second-order valence-electron chi connectivity index (χ2n) is 16.8. The van der Waals surface area contributed by atoms with Gasteiger partial charge in [0.1, 0.15) is 29.0 Å². The molecule has 0 aliphatic rings. The van der Waals surface area contributed by atoms with Crippen LogP contribution in [0.15, 0.2) is 101 Å². The largest absolute Gasteiger partial charge is 0.497 e. The fourth-order valence-corrected chi connectivity index (χ4v) is 8.50. The van der Waals surface area contributed by atoms with Crippen molar-refractivity contribution in [1.82, 2.24) is 29.5 Å². The molecule has 21 nitrogen and oxygen atoms in total. The van der Waals surface area contributed by atoms with Crippen molar-refractivity contribution in [2.75, 3.05) is 50.5 Å². The number of benzene rings is 3. The van der Waals surface area contributed by atoms with E-state index in [4.69, 9.17) is 34.2 Å². The Balaban J connectivity index is 0.000000297. The van der Waals surface area contributed by atoms with E-state index < -0.39 is 27.0 Å². The second kappa shape index (κ2) is 28.1. The lowest BCUT2D eigenvalue weighted by Crippen LogP contribution is -2.34. The summed E-state index contributed by atoms with van der Waals surface area (Å²) in [4.78, 5) is 63.9. The number of carbonyl (C=O) groups is 3. The molecule has 23 heteroatoms. The smallest absolute Gasteiger partial charge is 0.435 e. The molecule has 0 saturated carbocycles. The van der Waals surface area contributed by atoms with Gasteiger partial charge in [-0.1, -0.05) is 32.3 Å². The monoisotopic (exact) mass is 1070 g/mol. The lowest BCUT2D eigenvalue weighted by molar-refractivity contribution is -0.142. The Kier molecular flexibility index (Phi) is 21.7. The van der Waals surface area contributed by atoms with Gasteiger partial charge in [-0.2, -0.15) is 13.4 Å². The van der Waals surface area contributed by atoms with Crippen LogP contribution in [0.3, 0.4) is 0 Å². The van der Waals surface area contributed by atoms with E-state index in [1.807, 2.05) is 61.9 Å². The molecule has 0 saturated heterocycles. The number of aliphatic imine (C=N–C) groups is 1. The van der Waals surface area contributed by atoms with Crippen molar-refractivity contribution in [3.8, 4) is 11.5 Å². The van der Waals surface area contributed by atoms with Crippen molar-refractivity contribution in [1.29, 1.82) is 0 Å². The Morgan fingerprint density at radius 2 is 1.64 bits per heavy atom. The number of methoxy groups -OCH3 is 2. The van der Waals surface area contributed by atoms with E-state index >= 15 is 0 Å². The number of ether oxygens (including phenoxy) is 4. The van der Waals surface area contributed by atoms with Gasteiger partial charge in [-0.15, -0.1) is 0 Å². The number of nitrogens with two attached hydrogens (primary N) is 1. The number of unbranched alkanes of at least 4 members (excludes halogenated alkanes) is 3. The number of aromatic amines is 1. The maximum atomic E-state index is 13.6. The SMILES string of the molecule is CCCCCCOC(=O)/N=C(/N)c1ccc(NCc2nc3cc(C(=O)N(CCC(=O)OCC)c4ccccn4)ccc3n2C)cc1.COc1ccc2nc([S@@](=O)Cc3ncc(C)c(OC)c3C)[nH]c2c1.CS(=O)(=O)O. The molecule has 0 spiro atoms. The Morgan fingerprint density at radius 1 is 0.907 bits per heavy atom. The summed E-state index contributed by atoms with van der Waals surface area (Å²) in [6.45, 7) is 8.88. The van der Waals surface area contributed by atoms with Crippen LogP contribution in [0.2, 0.25) is 0 Å². The molecule has 7 aromatic rings. The van der Waals surface area contributed by atoms with E-state index in [0.717, 1.165) is 82.1 Å². The zero-order valence-electron chi connectivity index (χ0n) is 43.3. The first-order valence-corrected chi connectivity index (χ1v) is 27.0. The van der Waals surface area contributed by atoms with Crippen LogP contribution in [-0.4, -0.2) is 111 Å². The summed E-state index contributed by atoms with van der Waals surface area (Å²) in [5.74, 6) is 2.41. The third-order valence-corrected chi connectivity index (χ3v) is 12.4. The number of carbonyl (C=O) groups excluding carboxylic acids is 3. The van der Waals surface area contributed by atoms with Gasteiger partial charge in [0.25, 0.3) is 16.0 Å². The number of rotatable bonds is 20. The predicted octanol–water partition coefficient (Wildman–Crippen LogP) is 8.01. The van der Waals surface area contributed by atoms with Crippen LogP contribution in [-0.2, 0) is 54.5 Å². The molecule has 0 aliphatic heterocycles. The number of hydrogen-bond acceptors (Lipinski definition) is 15. The van der Waals surface area contributed by atoms with E-state index in [1.165, 1.54) is 4.90 Å². The van der Waals surface area contributed by atoms with Gasteiger partial charge >= 0.3 is 12.1 Å². The molecule has 0 fully saturated rings. The summed E-state index contributed by atoms with van der Waals surface area (Å²) in [5, 5.41) is 3.78. The Hall–Kier alpha value is -7.76. The molecule has 7 rings (SSSR count). The number of hydrogen-bond donors (Lipinski definition) is 4. The van der Waals surface area contributed by atoms with Crippen molar-refractivity contribution < 1.29 is 50.5 Å². The summed E-state index contributed by atoms with van der Waals surface area (Å²) in [6, 6.07) is 23.4. The van der Waals surface area contributed by atoms with Gasteiger partial charge in [0, 0.05) is 60.0 Å². The van der Waals surface area contributed by atoms with Gasteiger partial charge in [0.2, 0.25) is 0 Å². The van der Waals surface area contributed by atoms with E-state index in [1.54, 1.807) is 76.0 Å². The molecule has 0 unspecified atom stereocenters. The number of nitrogens with zero attached hydrogens (tertiary/aromatic N) is 7. The number of pyridine rings is 2. The number of nitrogens with one attached hydrogen (secondary N) is 2. The molecule has 3 aromatic carbocycles. The van der Waals surface area contributed by atoms with Crippen molar-refractivity contribution in [3.63, 3.8) is 0 Å². The second-order valence-corrected chi connectivity index (χ2v) is 19.6. The highest BCUT2D eigenvalue weighted by Gasteiger charge is 2.22. The van der Waals surface area contributed by atoms with Crippen LogP contribution in [0.5, 0.6) is 11.5 Å². The maximum Gasteiger partial charge on any atom is 0.435 e. The third kappa shape index (κ3) is 17.4. The Labute approximate surface area is 438 Å². The van der Waals surface area contributed by atoms with Crippen LogP contribution in [0.4, 0.5) is 16.3 Å². The van der Waals surface area contributed by atoms with Crippen LogP contribution in [0, 0.1) is 13.8 Å². The molecular formula is C52H64N10O11S2. The standard InChI is InChI=1S/C34H41N7O5.C17H19N3O3S.CH4O3S/c1-4-6-7-10-21-46-34(44)39-32(35)24-12-15-26(16-13-24)37-23-30-38-27-22-25(14-17-28(27)40(30)3)33(43)41(20-18-31(42)45-5-2)29-11-8-9-19-36-29;1-10-8-18-15(11(2)16(10)23-4)9-24(21)17-19-13-6-5-12(22-3)7-14(13)20-17;1-5(2,3)4/h8-9,11-17,19,22,37H,4-7,10,18,20-21,23H2,1-3H3,(H2,35,39,44);5-8H,9H2,1-4H3,(H,19,20);1H3,(H,2,3,4)/t;24-;/m.0./s1. The molecule has 4 heterocycles. The molecule has 1 atom stereocenters. The fraction of sp³-hybridized carbons (Fsp3) is 0.346. The molecule has 2 amide bonds. The molecule has 0 radical (unpaired) electrons. The van der Waals surface area contributed by atoms with E-state index in [0.29, 0.717) is 47.0 Å². The average molecular weight is 1070 g/mol. The van der Waals surface area contributed by atoms with Gasteiger partial charge in [0.15, 0.2) is 5.16 Å². The highest BCUT2D eigenvalue weighted by molar-refractivity contribution is 7.85. The zero-order valence-corrected chi connectivity index (χ0v) is 44.9. The van der Waals surface area contributed by atoms with Crippen molar-refractivity contribution in [2.24, 2.45) is 17.8 Å². The fourth-order valence-electron chi connectivity index (χ4n) is 7.40. The number of esters is 1. The number of aromatic nitrogens is 6. The molecule has 0 bridgehead atoms. The molecule has 0 aliphatic carbocycles. The lowest BCUT2D eigenvalue weighted by atomic mass is 10.1. The quantitative estimate of drug-likeness (QED) is 0.0185. The van der Waals surface area contributed by atoms with Gasteiger partial charge < -0.3 is 39.5 Å². The summed E-state index contributed by atoms with van der Waals surface area (Å²) >= 11 is 0. The van der Waals surface area contributed by atoms with Gasteiger partial charge in [-0.3, -0.25) is 28.2 Å². The topological polar surface area (TPSA) is 285 Å². The van der Waals surface area contributed by atoms with Gasteiger partial charge in [-0.25, -0.2) is 19.7 Å². The number of amides is 2. The minimum absolute atomic E-state index is 0.0455. The van der Waals surface area contributed by atoms with Crippen LogP contribution in [0.1, 0.15) is 84.5 Å². The zero-order chi connectivity index (χ0) is 54.7. The van der Waals surface area contributed by atoms with E-state index in [2.05, 4.69) is 37.2 Å². The highest BCUT2D eigenvalue weighted by atomic mass is 32.2. The molecule has 400 valence electrons. The Bertz CT molecular complexity index is 3210. The van der Waals surface area contributed by atoms with Crippen LogP contribution in [0.25, 0.3) is 22.1 Å². The van der Waals surface area contributed by atoms with E-state index in [-0.39, 0.29) is 43.0 Å². The first-order chi connectivity index (χ1) is 35.8. The number of aryl methyl sites for hydroxylation is 2. The summed E-state index contributed by atoms with van der Waals surface area (Å²) in [7, 11) is 0.153. The number of H-pyrrole nitrogens is 1. The van der Waals surface area contributed by atoms with Crippen LogP contribution >= 0.6 is 0 Å². The predicted molar refractivity (Wildman–Crippen MR) is 288 cm³/mol. The third-order valence-electron chi connectivity index (χ3n) is 11.2. The Morgan fingerprint density at radius 3 is 2.31 bits per heavy atom. The maximum absolute atomic E-state index is 13.6. The summed E-state index contributed by atoms with van der Waals surface area (Å²) < 4.78 is 61.3. The molecule has 4 aromatic heterocycles. The minimum Gasteiger partial charge on any atom is -0.497 e. The summed E-state index contributed by atoms with van der Waals surface area (Å²) in [6.07, 6.45) is 7.45. The lowest BCUT2D eigenvalue weighted by Gasteiger charge is -2.21. The number of imidazole rings is 2. The number of anilines is 2. The van der Waals surface area contributed by atoms with Crippen molar-refractivity contribution >= 4 is 78.3 Å².